The Morgan fingerprint density at radius 2 is 2.05 bits per heavy atom. The van der Waals surface area contributed by atoms with E-state index in [1.165, 1.54) is 19.3 Å². The highest BCUT2D eigenvalue weighted by Gasteiger charge is 2.42. The summed E-state index contributed by atoms with van der Waals surface area (Å²) in [6, 6.07) is 2.11. The molecule has 5 nitrogen and oxygen atoms in total. The van der Waals surface area contributed by atoms with Gasteiger partial charge in [0, 0.05) is 11.7 Å². The molecule has 1 atom stereocenters. The molecule has 1 aliphatic rings. The van der Waals surface area contributed by atoms with Gasteiger partial charge in [-0.1, -0.05) is 19.3 Å². The number of nitrogens with one attached hydrogen (secondary N) is 1. The van der Waals surface area contributed by atoms with Crippen molar-refractivity contribution in [2.45, 2.75) is 50.6 Å². The normalized spacial score (nSPS) is 19.5. The molecular formula is C16H28N4O. The van der Waals surface area contributed by atoms with Gasteiger partial charge in [-0.3, -0.25) is 16.3 Å². The summed E-state index contributed by atoms with van der Waals surface area (Å²) >= 11 is 0. The first-order valence-corrected chi connectivity index (χ1v) is 7.85. The number of hydrogen-bond donors (Lipinski definition) is 2. The van der Waals surface area contributed by atoms with Crippen LogP contribution in [0.1, 0.15) is 50.6 Å². The van der Waals surface area contributed by atoms with Crippen LogP contribution in [0.3, 0.4) is 0 Å². The zero-order chi connectivity index (χ0) is 15.3. The lowest BCUT2D eigenvalue weighted by Crippen LogP contribution is -2.56. The van der Waals surface area contributed by atoms with Crippen molar-refractivity contribution >= 4 is 0 Å². The number of nitrogens with zero attached hydrogens (tertiary/aromatic N) is 2. The van der Waals surface area contributed by atoms with Gasteiger partial charge in [0.05, 0.1) is 18.8 Å². The second-order valence-corrected chi connectivity index (χ2v) is 6.05. The summed E-state index contributed by atoms with van der Waals surface area (Å²) in [5.74, 6) is 6.74. The van der Waals surface area contributed by atoms with E-state index >= 15 is 0 Å². The summed E-state index contributed by atoms with van der Waals surface area (Å²) < 4.78 is 5.58. The second kappa shape index (κ2) is 7.20. The van der Waals surface area contributed by atoms with Gasteiger partial charge in [-0.2, -0.15) is 0 Å². The van der Waals surface area contributed by atoms with Crippen molar-refractivity contribution < 1.29 is 4.74 Å². The number of rotatable bonds is 6. The lowest BCUT2D eigenvalue weighted by molar-refractivity contribution is 0.0562. The van der Waals surface area contributed by atoms with Gasteiger partial charge in [-0.05, 0) is 45.5 Å². The van der Waals surface area contributed by atoms with Gasteiger partial charge in [-0.25, -0.2) is 0 Å². The molecule has 1 heterocycles. The van der Waals surface area contributed by atoms with Gasteiger partial charge in [0.2, 0.25) is 0 Å². The van der Waals surface area contributed by atoms with Crippen LogP contribution in [0.25, 0.3) is 0 Å². The lowest BCUT2D eigenvalue weighted by Gasteiger charge is -2.48. The highest BCUT2D eigenvalue weighted by Crippen LogP contribution is 2.41. The molecule has 118 valence electrons. The number of pyridine rings is 1. The van der Waals surface area contributed by atoms with E-state index in [0.29, 0.717) is 6.61 Å². The van der Waals surface area contributed by atoms with E-state index in [1.54, 1.807) is 6.20 Å². The average Bonchev–Trinajstić information content (AvgIpc) is 2.49. The van der Waals surface area contributed by atoms with Crippen molar-refractivity contribution in [1.29, 1.82) is 0 Å². The minimum atomic E-state index is 0.0412. The molecule has 0 aliphatic heterocycles. The second-order valence-electron chi connectivity index (χ2n) is 6.05. The Morgan fingerprint density at radius 1 is 1.33 bits per heavy atom. The molecule has 1 aromatic rings. The highest BCUT2D eigenvalue weighted by molar-refractivity contribution is 5.29. The summed E-state index contributed by atoms with van der Waals surface area (Å²) in [5.41, 5.74) is 4.18. The summed E-state index contributed by atoms with van der Waals surface area (Å²) in [7, 11) is 4.30. The van der Waals surface area contributed by atoms with Crippen LogP contribution in [0.4, 0.5) is 0 Å². The first-order valence-electron chi connectivity index (χ1n) is 7.85. The standard InChI is InChI=1S/C16H28N4O/c1-4-21-14-10-13(11-18-12-14)15(19-17)16(20(2)3)8-6-5-7-9-16/h10-12,15,19H,4-9,17H2,1-3H3. The predicted molar refractivity (Wildman–Crippen MR) is 85.0 cm³/mol. The van der Waals surface area contributed by atoms with Gasteiger partial charge in [0.25, 0.3) is 0 Å². The fourth-order valence-electron chi connectivity index (χ4n) is 3.56. The van der Waals surface area contributed by atoms with Crippen LogP contribution in [0.2, 0.25) is 0 Å². The third kappa shape index (κ3) is 3.36. The van der Waals surface area contributed by atoms with Crippen LogP contribution in [-0.2, 0) is 0 Å². The number of hydrogen-bond acceptors (Lipinski definition) is 5. The zero-order valence-corrected chi connectivity index (χ0v) is 13.4. The smallest absolute Gasteiger partial charge is 0.137 e. The topological polar surface area (TPSA) is 63.4 Å². The van der Waals surface area contributed by atoms with Crippen molar-refractivity contribution in [3.05, 3.63) is 24.0 Å². The van der Waals surface area contributed by atoms with Gasteiger partial charge in [0.15, 0.2) is 0 Å². The van der Waals surface area contributed by atoms with E-state index in [1.807, 2.05) is 13.1 Å². The van der Waals surface area contributed by atoms with E-state index in [2.05, 4.69) is 35.5 Å². The van der Waals surface area contributed by atoms with Crippen LogP contribution in [0, 0.1) is 0 Å². The first-order chi connectivity index (χ1) is 10.1. The summed E-state index contributed by atoms with van der Waals surface area (Å²) in [4.78, 5) is 6.64. The van der Waals surface area contributed by atoms with Gasteiger partial charge >= 0.3 is 0 Å². The average molecular weight is 292 g/mol. The van der Waals surface area contributed by atoms with Crippen LogP contribution in [0.15, 0.2) is 18.5 Å². The molecule has 1 aliphatic carbocycles. The molecule has 1 saturated carbocycles. The Labute approximate surface area is 127 Å². The molecule has 1 fully saturated rings. The number of ether oxygens (including phenoxy) is 1. The van der Waals surface area contributed by atoms with Crippen LogP contribution >= 0.6 is 0 Å². The monoisotopic (exact) mass is 292 g/mol. The summed E-state index contributed by atoms with van der Waals surface area (Å²) in [6.45, 7) is 2.62. The van der Waals surface area contributed by atoms with E-state index in [4.69, 9.17) is 10.6 Å². The van der Waals surface area contributed by atoms with E-state index in [-0.39, 0.29) is 11.6 Å². The third-order valence-corrected chi connectivity index (χ3v) is 4.69. The Balaban J connectivity index is 2.34. The molecule has 0 spiro atoms. The molecule has 1 aromatic heterocycles. The maximum absolute atomic E-state index is 5.94. The molecular weight excluding hydrogens is 264 g/mol. The lowest BCUT2D eigenvalue weighted by atomic mass is 9.73. The molecule has 21 heavy (non-hydrogen) atoms. The Hall–Kier alpha value is -1.17. The van der Waals surface area contributed by atoms with Crippen LogP contribution < -0.4 is 16.0 Å². The maximum Gasteiger partial charge on any atom is 0.137 e. The van der Waals surface area contributed by atoms with Crippen LogP contribution in [0.5, 0.6) is 5.75 Å². The molecule has 0 bridgehead atoms. The van der Waals surface area contributed by atoms with Crippen LogP contribution in [-0.4, -0.2) is 36.1 Å². The highest BCUT2D eigenvalue weighted by atomic mass is 16.5. The van der Waals surface area contributed by atoms with E-state index in [9.17, 15) is 0 Å². The number of aromatic nitrogens is 1. The first kappa shape index (κ1) is 16.2. The van der Waals surface area contributed by atoms with Crippen molar-refractivity contribution in [1.82, 2.24) is 15.3 Å². The fourth-order valence-corrected chi connectivity index (χ4v) is 3.56. The van der Waals surface area contributed by atoms with Gasteiger partial charge < -0.3 is 9.64 Å². The maximum atomic E-state index is 5.94. The van der Waals surface area contributed by atoms with Gasteiger partial charge in [-0.15, -0.1) is 0 Å². The SMILES string of the molecule is CCOc1cncc(C(NN)C2(N(C)C)CCCCC2)c1. The molecule has 3 N–H and O–H groups in total. The molecule has 0 saturated heterocycles. The Morgan fingerprint density at radius 3 is 2.62 bits per heavy atom. The van der Waals surface area contributed by atoms with E-state index in [0.717, 1.165) is 24.2 Å². The number of nitrogens with two attached hydrogens (primary N) is 1. The third-order valence-electron chi connectivity index (χ3n) is 4.69. The fraction of sp³-hybridized carbons (Fsp3) is 0.688. The summed E-state index contributed by atoms with van der Waals surface area (Å²) in [5, 5.41) is 0. The minimum absolute atomic E-state index is 0.0412. The quantitative estimate of drug-likeness (QED) is 0.622. The largest absolute Gasteiger partial charge is 0.492 e. The molecule has 2 rings (SSSR count). The van der Waals surface area contributed by atoms with Crippen molar-refractivity contribution in [2.75, 3.05) is 20.7 Å². The van der Waals surface area contributed by atoms with Crippen molar-refractivity contribution in [3.63, 3.8) is 0 Å². The molecule has 1 unspecified atom stereocenters. The number of likely N-dealkylation sites (N-methyl/N-ethyl adjacent to an activating group) is 1. The van der Waals surface area contributed by atoms with E-state index < -0.39 is 0 Å². The minimum Gasteiger partial charge on any atom is -0.492 e. The van der Waals surface area contributed by atoms with Crippen molar-refractivity contribution in [3.8, 4) is 5.75 Å². The molecule has 0 amide bonds. The number of hydrazine groups is 1. The summed E-state index contributed by atoms with van der Waals surface area (Å²) in [6.07, 6.45) is 9.74. The Bertz CT molecular complexity index is 444. The Kier molecular flexibility index (Phi) is 5.56. The van der Waals surface area contributed by atoms with Crippen molar-refractivity contribution in [2.24, 2.45) is 5.84 Å². The van der Waals surface area contributed by atoms with Gasteiger partial charge in [0.1, 0.15) is 5.75 Å². The molecule has 0 radical (unpaired) electrons. The zero-order valence-electron chi connectivity index (χ0n) is 13.4. The predicted octanol–water partition coefficient (Wildman–Crippen LogP) is 2.25. The molecule has 5 heteroatoms. The molecule has 0 aromatic carbocycles.